The lowest BCUT2D eigenvalue weighted by atomic mass is 10.2. The number of halogens is 2. The number of hydrogen-bond acceptors (Lipinski definition) is 3. The number of hydrogen-bond donors (Lipinski definition) is 0. The van der Waals surface area contributed by atoms with Crippen LogP contribution in [-0.4, -0.2) is 43.8 Å². The summed E-state index contributed by atoms with van der Waals surface area (Å²) in [5, 5.41) is 0. The highest BCUT2D eigenvalue weighted by Gasteiger charge is 2.28. The van der Waals surface area contributed by atoms with Crippen molar-refractivity contribution in [2.24, 2.45) is 0 Å². The molecule has 0 atom stereocenters. The van der Waals surface area contributed by atoms with Gasteiger partial charge in [-0.3, -0.25) is 4.90 Å². The normalized spacial score (nSPS) is 17.1. The van der Waals surface area contributed by atoms with Crippen LogP contribution < -0.4 is 0 Å². The van der Waals surface area contributed by atoms with Crippen LogP contribution in [0.4, 0.5) is 4.39 Å². The Labute approximate surface area is 150 Å². The van der Waals surface area contributed by atoms with E-state index in [0.29, 0.717) is 37.6 Å². The van der Waals surface area contributed by atoms with E-state index in [1.807, 2.05) is 0 Å². The largest absolute Gasteiger partial charge is 0.296 e. The van der Waals surface area contributed by atoms with Crippen molar-refractivity contribution in [1.29, 1.82) is 0 Å². The summed E-state index contributed by atoms with van der Waals surface area (Å²) in [6.45, 7) is 2.94. The topological polar surface area (TPSA) is 40.6 Å². The molecule has 128 valence electrons. The molecule has 0 bridgehead atoms. The minimum atomic E-state index is -3.44. The lowest BCUT2D eigenvalue weighted by Gasteiger charge is -2.34. The zero-order chi connectivity index (χ0) is 17.2. The Bertz CT molecular complexity index is 786. The maximum Gasteiger partial charge on any atom is 0.243 e. The number of benzene rings is 2. The summed E-state index contributed by atoms with van der Waals surface area (Å²) in [4.78, 5) is 2.50. The van der Waals surface area contributed by atoms with Gasteiger partial charge in [-0.05, 0) is 42.0 Å². The molecule has 1 aliphatic rings. The maximum atomic E-state index is 12.9. The molecule has 0 radical (unpaired) electrons. The van der Waals surface area contributed by atoms with Crippen LogP contribution in [0.15, 0.2) is 57.9 Å². The lowest BCUT2D eigenvalue weighted by Crippen LogP contribution is -2.48. The van der Waals surface area contributed by atoms with E-state index in [0.717, 1.165) is 10.0 Å². The van der Waals surface area contributed by atoms with E-state index in [1.54, 1.807) is 36.4 Å². The van der Waals surface area contributed by atoms with Gasteiger partial charge in [-0.25, -0.2) is 12.8 Å². The molecule has 0 saturated carbocycles. The predicted molar refractivity (Wildman–Crippen MR) is 94.6 cm³/mol. The zero-order valence-corrected chi connectivity index (χ0v) is 15.4. The summed E-state index contributed by atoms with van der Waals surface area (Å²) in [5.74, 6) is -0.246. The summed E-state index contributed by atoms with van der Waals surface area (Å²) >= 11 is 3.31. The van der Waals surface area contributed by atoms with E-state index in [-0.39, 0.29) is 5.82 Å². The highest BCUT2D eigenvalue weighted by molar-refractivity contribution is 9.10. The van der Waals surface area contributed by atoms with E-state index >= 15 is 0 Å². The summed E-state index contributed by atoms with van der Waals surface area (Å²) in [7, 11) is -3.44. The van der Waals surface area contributed by atoms with Crippen molar-refractivity contribution in [3.05, 3.63) is 64.4 Å². The molecule has 0 N–H and O–H groups in total. The fourth-order valence-electron chi connectivity index (χ4n) is 2.73. The molecule has 1 heterocycles. The molecule has 1 saturated heterocycles. The van der Waals surface area contributed by atoms with E-state index in [1.165, 1.54) is 16.4 Å². The van der Waals surface area contributed by atoms with Gasteiger partial charge in [-0.2, -0.15) is 4.31 Å². The van der Waals surface area contributed by atoms with Gasteiger partial charge < -0.3 is 0 Å². The Morgan fingerprint density at radius 3 is 2.08 bits per heavy atom. The minimum Gasteiger partial charge on any atom is -0.296 e. The van der Waals surface area contributed by atoms with Gasteiger partial charge in [-0.1, -0.05) is 28.1 Å². The molecule has 0 aliphatic carbocycles. The van der Waals surface area contributed by atoms with Crippen molar-refractivity contribution in [3.63, 3.8) is 0 Å². The molecule has 3 rings (SSSR count). The molecule has 2 aromatic carbocycles. The standard InChI is InChI=1S/C17H18BrFN2O2S/c18-15-3-7-17(8-4-15)24(22,23)21-11-9-20(10-12-21)13-14-1-5-16(19)6-2-14/h1-8H,9-13H2. The van der Waals surface area contributed by atoms with Gasteiger partial charge in [0.25, 0.3) is 0 Å². The highest BCUT2D eigenvalue weighted by atomic mass is 79.9. The van der Waals surface area contributed by atoms with Crippen LogP contribution in [0.5, 0.6) is 0 Å². The molecule has 7 heteroatoms. The fraction of sp³-hybridized carbons (Fsp3) is 0.294. The Kier molecular flexibility index (Phi) is 5.34. The first kappa shape index (κ1) is 17.5. The molecule has 0 amide bonds. The Morgan fingerprint density at radius 2 is 1.50 bits per heavy atom. The number of sulfonamides is 1. The molecular formula is C17H18BrFN2O2S. The van der Waals surface area contributed by atoms with Crippen molar-refractivity contribution in [1.82, 2.24) is 9.21 Å². The second-order valence-corrected chi connectivity index (χ2v) is 8.61. The third kappa shape index (κ3) is 4.03. The molecule has 0 spiro atoms. The van der Waals surface area contributed by atoms with Crippen molar-refractivity contribution in [3.8, 4) is 0 Å². The Hall–Kier alpha value is -1.28. The summed E-state index contributed by atoms with van der Waals surface area (Å²) in [5.41, 5.74) is 1.03. The van der Waals surface area contributed by atoms with E-state index < -0.39 is 10.0 Å². The SMILES string of the molecule is O=S(=O)(c1ccc(Br)cc1)N1CCN(Cc2ccc(F)cc2)CC1. The first-order valence-corrected chi connectivity index (χ1v) is 9.91. The van der Waals surface area contributed by atoms with Crippen molar-refractivity contribution in [2.75, 3.05) is 26.2 Å². The fourth-order valence-corrected chi connectivity index (χ4v) is 4.42. The lowest BCUT2D eigenvalue weighted by molar-refractivity contribution is 0.181. The monoisotopic (exact) mass is 412 g/mol. The summed E-state index contributed by atoms with van der Waals surface area (Å²) < 4.78 is 40.6. The molecule has 0 aromatic heterocycles. The predicted octanol–water partition coefficient (Wildman–Crippen LogP) is 3.09. The van der Waals surface area contributed by atoms with Crippen molar-refractivity contribution >= 4 is 26.0 Å². The number of rotatable bonds is 4. The molecule has 2 aromatic rings. The number of piperazine rings is 1. The van der Waals surface area contributed by atoms with Gasteiger partial charge >= 0.3 is 0 Å². The molecule has 24 heavy (non-hydrogen) atoms. The van der Waals surface area contributed by atoms with Crippen LogP contribution in [0.1, 0.15) is 5.56 Å². The van der Waals surface area contributed by atoms with Crippen LogP contribution >= 0.6 is 15.9 Å². The van der Waals surface area contributed by atoms with Crippen molar-refractivity contribution < 1.29 is 12.8 Å². The molecular weight excluding hydrogens is 395 g/mol. The average molecular weight is 413 g/mol. The van der Waals surface area contributed by atoms with Crippen LogP contribution in [0.25, 0.3) is 0 Å². The van der Waals surface area contributed by atoms with Gasteiger partial charge in [0, 0.05) is 37.2 Å². The van der Waals surface area contributed by atoms with Crippen molar-refractivity contribution in [2.45, 2.75) is 11.4 Å². The summed E-state index contributed by atoms with van der Waals surface area (Å²) in [6, 6.07) is 13.1. The highest BCUT2D eigenvalue weighted by Crippen LogP contribution is 2.20. The van der Waals surface area contributed by atoms with Gasteiger partial charge in [0.2, 0.25) is 10.0 Å². The van der Waals surface area contributed by atoms with Gasteiger partial charge in [0.15, 0.2) is 0 Å². The smallest absolute Gasteiger partial charge is 0.243 e. The van der Waals surface area contributed by atoms with E-state index in [4.69, 9.17) is 0 Å². The van der Waals surface area contributed by atoms with Gasteiger partial charge in [-0.15, -0.1) is 0 Å². The second-order valence-electron chi connectivity index (χ2n) is 5.76. The first-order valence-electron chi connectivity index (χ1n) is 7.68. The quantitative estimate of drug-likeness (QED) is 0.774. The first-order chi connectivity index (χ1) is 11.4. The van der Waals surface area contributed by atoms with E-state index in [2.05, 4.69) is 20.8 Å². The molecule has 1 aliphatic heterocycles. The van der Waals surface area contributed by atoms with Crippen LogP contribution in [0, 0.1) is 5.82 Å². The number of nitrogens with zero attached hydrogens (tertiary/aromatic N) is 2. The third-order valence-corrected chi connectivity index (χ3v) is 6.54. The van der Waals surface area contributed by atoms with Gasteiger partial charge in [0.1, 0.15) is 5.82 Å². The Balaban J connectivity index is 1.62. The van der Waals surface area contributed by atoms with Crippen LogP contribution in [0.2, 0.25) is 0 Å². The second kappa shape index (κ2) is 7.31. The van der Waals surface area contributed by atoms with Crippen LogP contribution in [-0.2, 0) is 16.6 Å². The summed E-state index contributed by atoms with van der Waals surface area (Å²) in [6.07, 6.45) is 0. The average Bonchev–Trinajstić information content (AvgIpc) is 2.58. The van der Waals surface area contributed by atoms with E-state index in [9.17, 15) is 12.8 Å². The molecule has 1 fully saturated rings. The molecule has 4 nitrogen and oxygen atoms in total. The minimum absolute atomic E-state index is 0.246. The van der Waals surface area contributed by atoms with Gasteiger partial charge in [0.05, 0.1) is 4.90 Å². The Morgan fingerprint density at radius 1 is 0.917 bits per heavy atom. The molecule has 0 unspecified atom stereocenters. The third-order valence-electron chi connectivity index (χ3n) is 4.10. The van der Waals surface area contributed by atoms with Crippen LogP contribution in [0.3, 0.4) is 0 Å². The maximum absolute atomic E-state index is 12.9. The zero-order valence-electron chi connectivity index (χ0n) is 13.0.